The lowest BCUT2D eigenvalue weighted by Crippen LogP contribution is -2.21. The van der Waals surface area contributed by atoms with Crippen molar-refractivity contribution in [3.05, 3.63) is 46.2 Å². The first-order chi connectivity index (χ1) is 9.86. The van der Waals surface area contributed by atoms with Gasteiger partial charge in [-0.05, 0) is 37.6 Å². The van der Waals surface area contributed by atoms with Crippen molar-refractivity contribution < 1.29 is 13.6 Å². The highest BCUT2D eigenvalue weighted by Gasteiger charge is 2.17. The van der Waals surface area contributed by atoms with Crippen molar-refractivity contribution in [1.29, 1.82) is 0 Å². The molecule has 21 heavy (non-hydrogen) atoms. The molecule has 1 heterocycles. The summed E-state index contributed by atoms with van der Waals surface area (Å²) in [5.74, 6) is -0.439. The van der Waals surface area contributed by atoms with E-state index in [4.69, 9.17) is 11.6 Å². The van der Waals surface area contributed by atoms with Crippen LogP contribution in [0.1, 0.15) is 23.4 Å². The molecule has 0 saturated heterocycles. The molecule has 0 aliphatic heterocycles. The van der Waals surface area contributed by atoms with Crippen LogP contribution in [0.3, 0.4) is 0 Å². The van der Waals surface area contributed by atoms with Gasteiger partial charge in [0.1, 0.15) is 12.2 Å². The van der Waals surface area contributed by atoms with Crippen LogP contribution in [-0.2, 0) is 11.3 Å². The van der Waals surface area contributed by atoms with Gasteiger partial charge in [0.15, 0.2) is 0 Å². The minimum absolute atomic E-state index is 0.273. The Kier molecular flexibility index (Phi) is 4.57. The quantitative estimate of drug-likeness (QED) is 0.935. The number of halogens is 3. The van der Waals surface area contributed by atoms with Crippen LogP contribution in [0, 0.1) is 13.8 Å². The molecule has 2 aromatic rings. The average Bonchev–Trinajstić information content (AvgIpc) is 2.75. The molecule has 4 nitrogen and oxygen atoms in total. The Morgan fingerprint density at radius 2 is 2.10 bits per heavy atom. The molecule has 1 N–H and O–H groups in total. The van der Waals surface area contributed by atoms with Crippen LogP contribution in [0.25, 0.3) is 0 Å². The van der Waals surface area contributed by atoms with Crippen LogP contribution in [-0.4, -0.2) is 15.7 Å². The topological polar surface area (TPSA) is 46.9 Å². The SMILES string of the molecule is Cc1cc(C(F)F)n(CC(=O)Nc2cc(Cl)ccc2C)n1. The summed E-state index contributed by atoms with van der Waals surface area (Å²) in [5.41, 5.74) is 1.55. The molecule has 1 aromatic carbocycles. The summed E-state index contributed by atoms with van der Waals surface area (Å²) in [4.78, 5) is 12.0. The zero-order valence-electron chi connectivity index (χ0n) is 11.5. The van der Waals surface area contributed by atoms with E-state index >= 15 is 0 Å². The van der Waals surface area contributed by atoms with Gasteiger partial charge in [-0.2, -0.15) is 5.10 Å². The molecule has 0 bridgehead atoms. The van der Waals surface area contributed by atoms with E-state index in [1.54, 1.807) is 25.1 Å². The normalized spacial score (nSPS) is 11.0. The monoisotopic (exact) mass is 313 g/mol. The predicted molar refractivity (Wildman–Crippen MR) is 76.7 cm³/mol. The molecule has 0 fully saturated rings. The number of carbonyl (C=O) groups is 1. The minimum atomic E-state index is -2.67. The highest BCUT2D eigenvalue weighted by molar-refractivity contribution is 6.31. The zero-order chi connectivity index (χ0) is 15.6. The number of nitrogens with zero attached hydrogens (tertiary/aromatic N) is 2. The molecule has 0 aliphatic rings. The zero-order valence-corrected chi connectivity index (χ0v) is 12.3. The molecular formula is C14H14ClF2N3O. The molecule has 0 unspecified atom stereocenters. The Labute approximate surface area is 125 Å². The summed E-state index contributed by atoms with van der Waals surface area (Å²) >= 11 is 5.86. The maximum Gasteiger partial charge on any atom is 0.280 e. The Balaban J connectivity index is 2.13. The van der Waals surface area contributed by atoms with Crippen LogP contribution in [0.15, 0.2) is 24.3 Å². The van der Waals surface area contributed by atoms with E-state index in [0.29, 0.717) is 16.4 Å². The van der Waals surface area contributed by atoms with Gasteiger partial charge >= 0.3 is 0 Å². The van der Waals surface area contributed by atoms with Crippen molar-refractivity contribution in [2.24, 2.45) is 0 Å². The molecule has 0 aliphatic carbocycles. The second-order valence-corrected chi connectivity index (χ2v) is 5.11. The molecule has 0 spiro atoms. The van der Waals surface area contributed by atoms with Crippen molar-refractivity contribution in [2.45, 2.75) is 26.8 Å². The summed E-state index contributed by atoms with van der Waals surface area (Å²) in [7, 11) is 0. The van der Waals surface area contributed by atoms with E-state index in [9.17, 15) is 13.6 Å². The van der Waals surface area contributed by atoms with Gasteiger partial charge in [0.2, 0.25) is 5.91 Å². The third-order valence-corrected chi connectivity index (χ3v) is 3.16. The fraction of sp³-hybridized carbons (Fsp3) is 0.286. The fourth-order valence-corrected chi connectivity index (χ4v) is 2.09. The van der Waals surface area contributed by atoms with Gasteiger partial charge in [-0.25, -0.2) is 8.78 Å². The third-order valence-electron chi connectivity index (χ3n) is 2.92. The van der Waals surface area contributed by atoms with Crippen molar-refractivity contribution in [2.75, 3.05) is 5.32 Å². The third kappa shape index (κ3) is 3.78. The van der Waals surface area contributed by atoms with Crippen molar-refractivity contribution in [3.63, 3.8) is 0 Å². The Morgan fingerprint density at radius 1 is 1.38 bits per heavy atom. The summed E-state index contributed by atoms with van der Waals surface area (Å²) in [6.45, 7) is 3.13. The number of alkyl halides is 2. The fourth-order valence-electron chi connectivity index (χ4n) is 1.92. The summed E-state index contributed by atoms with van der Waals surface area (Å²) in [5, 5.41) is 7.03. The highest BCUT2D eigenvalue weighted by atomic mass is 35.5. The number of aryl methyl sites for hydroxylation is 2. The van der Waals surface area contributed by atoms with Crippen molar-refractivity contribution >= 4 is 23.2 Å². The number of carbonyl (C=O) groups excluding carboxylic acids is 1. The van der Waals surface area contributed by atoms with Crippen LogP contribution in [0.5, 0.6) is 0 Å². The first-order valence-electron chi connectivity index (χ1n) is 6.25. The van der Waals surface area contributed by atoms with Crippen LogP contribution >= 0.6 is 11.6 Å². The second-order valence-electron chi connectivity index (χ2n) is 4.68. The molecule has 1 aromatic heterocycles. The van der Waals surface area contributed by atoms with E-state index in [2.05, 4.69) is 10.4 Å². The Morgan fingerprint density at radius 3 is 2.76 bits per heavy atom. The number of aromatic nitrogens is 2. The van der Waals surface area contributed by atoms with Gasteiger partial charge in [-0.15, -0.1) is 0 Å². The average molecular weight is 314 g/mol. The maximum atomic E-state index is 12.8. The van der Waals surface area contributed by atoms with Gasteiger partial charge in [-0.3, -0.25) is 9.48 Å². The van der Waals surface area contributed by atoms with Crippen LogP contribution in [0.2, 0.25) is 5.02 Å². The van der Waals surface area contributed by atoms with E-state index in [1.807, 2.05) is 6.92 Å². The first kappa shape index (κ1) is 15.4. The van der Waals surface area contributed by atoms with Crippen molar-refractivity contribution in [1.82, 2.24) is 9.78 Å². The lowest BCUT2D eigenvalue weighted by Gasteiger charge is -2.10. The molecular weight excluding hydrogens is 300 g/mol. The van der Waals surface area contributed by atoms with Crippen molar-refractivity contribution in [3.8, 4) is 0 Å². The standard InChI is InChI=1S/C14H14ClF2N3O/c1-8-3-4-10(15)6-11(8)18-13(21)7-20-12(14(16)17)5-9(2)19-20/h3-6,14H,7H2,1-2H3,(H,18,21). The van der Waals surface area contributed by atoms with Gasteiger partial charge in [-0.1, -0.05) is 17.7 Å². The predicted octanol–water partition coefficient (Wildman–Crippen LogP) is 3.73. The van der Waals surface area contributed by atoms with Gasteiger partial charge < -0.3 is 5.32 Å². The lowest BCUT2D eigenvalue weighted by molar-refractivity contribution is -0.117. The van der Waals surface area contributed by atoms with Crippen LogP contribution < -0.4 is 5.32 Å². The molecule has 7 heteroatoms. The van der Waals surface area contributed by atoms with E-state index in [-0.39, 0.29) is 12.2 Å². The number of hydrogen-bond donors (Lipinski definition) is 1. The Bertz CT molecular complexity index is 670. The minimum Gasteiger partial charge on any atom is -0.324 e. The number of benzene rings is 1. The molecule has 0 radical (unpaired) electrons. The lowest BCUT2D eigenvalue weighted by atomic mass is 10.2. The highest BCUT2D eigenvalue weighted by Crippen LogP contribution is 2.21. The summed E-state index contributed by atoms with van der Waals surface area (Å²) < 4.78 is 26.7. The molecule has 1 amide bonds. The first-order valence-corrected chi connectivity index (χ1v) is 6.63. The number of rotatable bonds is 4. The summed E-state index contributed by atoms with van der Waals surface area (Å²) in [6, 6.07) is 6.35. The molecule has 0 atom stereocenters. The largest absolute Gasteiger partial charge is 0.324 e. The van der Waals surface area contributed by atoms with E-state index in [1.165, 1.54) is 6.07 Å². The van der Waals surface area contributed by atoms with E-state index < -0.39 is 12.3 Å². The number of nitrogens with one attached hydrogen (secondary N) is 1. The smallest absolute Gasteiger partial charge is 0.280 e. The number of hydrogen-bond acceptors (Lipinski definition) is 2. The van der Waals surface area contributed by atoms with Gasteiger partial charge in [0, 0.05) is 10.7 Å². The van der Waals surface area contributed by atoms with Gasteiger partial charge in [0.05, 0.1) is 5.69 Å². The molecule has 0 saturated carbocycles. The van der Waals surface area contributed by atoms with E-state index in [0.717, 1.165) is 10.2 Å². The van der Waals surface area contributed by atoms with Crippen LogP contribution in [0.4, 0.5) is 14.5 Å². The maximum absolute atomic E-state index is 12.8. The Hall–Kier alpha value is -1.95. The molecule has 112 valence electrons. The number of anilines is 1. The summed E-state index contributed by atoms with van der Waals surface area (Å²) in [6.07, 6.45) is -2.67. The molecule has 2 rings (SSSR count). The second kappa shape index (κ2) is 6.22. The number of amides is 1. The van der Waals surface area contributed by atoms with Gasteiger partial charge in [0.25, 0.3) is 6.43 Å².